The van der Waals surface area contributed by atoms with Gasteiger partial charge in [0.05, 0.1) is 12.6 Å². The molecule has 0 aliphatic carbocycles. The highest BCUT2D eigenvalue weighted by atomic mass is 16.5. The summed E-state index contributed by atoms with van der Waals surface area (Å²) in [5.74, 6) is -0.493. The minimum Gasteiger partial charge on any atom is -0.494 e. The minimum absolute atomic E-state index is 0.163. The topological polar surface area (TPSA) is 150 Å². The zero-order valence-electron chi connectivity index (χ0n) is 22.3. The number of primary amides is 1. The summed E-state index contributed by atoms with van der Waals surface area (Å²) in [4.78, 5) is 46.4. The second kappa shape index (κ2) is 12.2. The standard InChI is InChI=1S/C30H28N6O5/c1-40-24-17-21(27(31)37)16-23-26(24)36(15-7-13-33-30(39)41-18-19-8-3-2-4-9-19)29(34-23)35-28(38)25-22-11-6-5-10-20(22)12-14-32-25/h2-6,8-12,14,16-17H,7,13,15,18H2,1H3,(H2,31,37)(H,33,39)(H,34,35,38). The number of nitrogens with zero attached hydrogens (tertiary/aromatic N) is 3. The Morgan fingerprint density at radius 3 is 2.56 bits per heavy atom. The molecule has 11 nitrogen and oxygen atoms in total. The molecule has 208 valence electrons. The van der Waals surface area contributed by atoms with Crippen LogP contribution < -0.4 is 21.1 Å². The fourth-order valence-electron chi connectivity index (χ4n) is 4.50. The number of alkyl carbamates (subject to hydrolysis) is 1. The normalized spacial score (nSPS) is 10.9. The monoisotopic (exact) mass is 552 g/mol. The number of ether oxygens (including phenoxy) is 2. The molecule has 11 heteroatoms. The number of imidazole rings is 1. The van der Waals surface area contributed by atoms with E-state index in [2.05, 4.69) is 20.6 Å². The van der Waals surface area contributed by atoms with Gasteiger partial charge in [-0.3, -0.25) is 19.9 Å². The van der Waals surface area contributed by atoms with Crippen molar-refractivity contribution in [1.29, 1.82) is 0 Å². The molecule has 2 heterocycles. The predicted octanol–water partition coefficient (Wildman–Crippen LogP) is 4.26. The number of aromatic nitrogens is 3. The number of rotatable bonds is 10. The molecular weight excluding hydrogens is 524 g/mol. The number of hydrogen-bond acceptors (Lipinski definition) is 7. The lowest BCUT2D eigenvalue weighted by Crippen LogP contribution is -2.26. The van der Waals surface area contributed by atoms with Crippen LogP contribution >= 0.6 is 0 Å². The number of nitrogens with one attached hydrogen (secondary N) is 2. The zero-order valence-corrected chi connectivity index (χ0v) is 22.3. The first kappa shape index (κ1) is 27.1. The number of carbonyl (C=O) groups excluding carboxylic acids is 3. The second-order valence-electron chi connectivity index (χ2n) is 9.17. The van der Waals surface area contributed by atoms with Gasteiger partial charge in [0.1, 0.15) is 23.6 Å². The van der Waals surface area contributed by atoms with Crippen molar-refractivity contribution in [3.8, 4) is 5.75 Å². The van der Waals surface area contributed by atoms with E-state index in [1.165, 1.54) is 13.2 Å². The number of amides is 3. The molecule has 0 unspecified atom stereocenters. The van der Waals surface area contributed by atoms with E-state index in [0.717, 1.165) is 10.9 Å². The summed E-state index contributed by atoms with van der Waals surface area (Å²) < 4.78 is 12.6. The SMILES string of the molecule is COc1cc(C(N)=O)cc2nc(NC(=O)c3nccc4ccccc34)n(CCCNC(=O)OCc3ccccc3)c12. The Morgan fingerprint density at radius 2 is 1.78 bits per heavy atom. The first-order chi connectivity index (χ1) is 19.9. The third-order valence-electron chi connectivity index (χ3n) is 6.47. The second-order valence-corrected chi connectivity index (χ2v) is 9.17. The van der Waals surface area contributed by atoms with E-state index in [9.17, 15) is 14.4 Å². The van der Waals surface area contributed by atoms with Crippen LogP contribution in [0.2, 0.25) is 0 Å². The van der Waals surface area contributed by atoms with Crippen LogP contribution in [-0.2, 0) is 17.9 Å². The molecule has 5 aromatic rings. The van der Waals surface area contributed by atoms with E-state index in [4.69, 9.17) is 15.2 Å². The van der Waals surface area contributed by atoms with E-state index >= 15 is 0 Å². The lowest BCUT2D eigenvalue weighted by molar-refractivity contribution is 0.0997. The summed E-state index contributed by atoms with van der Waals surface area (Å²) in [7, 11) is 1.47. The molecule has 0 atom stereocenters. The van der Waals surface area contributed by atoms with Crippen LogP contribution in [0.4, 0.5) is 10.7 Å². The third kappa shape index (κ3) is 6.09. The molecule has 2 aromatic heterocycles. The van der Waals surface area contributed by atoms with Gasteiger partial charge in [-0.15, -0.1) is 0 Å². The van der Waals surface area contributed by atoms with Crippen molar-refractivity contribution in [2.45, 2.75) is 19.6 Å². The highest BCUT2D eigenvalue weighted by Crippen LogP contribution is 2.31. The number of methoxy groups -OCH3 is 1. The fourth-order valence-corrected chi connectivity index (χ4v) is 4.50. The summed E-state index contributed by atoms with van der Waals surface area (Å²) >= 11 is 0. The summed E-state index contributed by atoms with van der Waals surface area (Å²) in [5.41, 5.74) is 7.83. The molecule has 0 fully saturated rings. The maximum absolute atomic E-state index is 13.4. The Labute approximate surface area is 235 Å². The van der Waals surface area contributed by atoms with E-state index in [1.54, 1.807) is 16.8 Å². The molecule has 3 amide bonds. The summed E-state index contributed by atoms with van der Waals surface area (Å²) in [6.45, 7) is 0.810. The number of hydrogen-bond donors (Lipinski definition) is 3. The van der Waals surface area contributed by atoms with Gasteiger partial charge in [0.15, 0.2) is 0 Å². The molecule has 0 bridgehead atoms. The van der Waals surface area contributed by atoms with Gasteiger partial charge in [0.2, 0.25) is 11.9 Å². The Balaban J connectivity index is 1.37. The molecule has 5 rings (SSSR count). The third-order valence-corrected chi connectivity index (χ3v) is 6.47. The van der Waals surface area contributed by atoms with Gasteiger partial charge in [-0.05, 0) is 35.6 Å². The van der Waals surface area contributed by atoms with E-state index in [1.807, 2.05) is 60.7 Å². The molecule has 0 aliphatic rings. The van der Waals surface area contributed by atoms with E-state index in [-0.39, 0.29) is 23.8 Å². The molecule has 0 spiro atoms. The lowest BCUT2D eigenvalue weighted by atomic mass is 10.1. The fraction of sp³-hybridized carbons (Fsp3) is 0.167. The van der Waals surface area contributed by atoms with Crippen molar-refractivity contribution in [2.24, 2.45) is 5.73 Å². The average Bonchev–Trinajstić information content (AvgIpc) is 3.34. The molecule has 0 radical (unpaired) electrons. The van der Waals surface area contributed by atoms with Crippen molar-refractivity contribution in [3.63, 3.8) is 0 Å². The van der Waals surface area contributed by atoms with E-state index < -0.39 is 17.9 Å². The summed E-state index contributed by atoms with van der Waals surface area (Å²) in [6, 6.07) is 21.7. The number of pyridine rings is 1. The molecular formula is C30H28N6O5. The maximum atomic E-state index is 13.4. The van der Waals surface area contributed by atoms with Crippen molar-refractivity contribution in [1.82, 2.24) is 19.9 Å². The predicted molar refractivity (Wildman–Crippen MR) is 154 cm³/mol. The van der Waals surface area contributed by atoms with Crippen molar-refractivity contribution >= 4 is 45.7 Å². The molecule has 41 heavy (non-hydrogen) atoms. The van der Waals surface area contributed by atoms with Crippen LogP contribution in [0.3, 0.4) is 0 Å². The van der Waals surface area contributed by atoms with Crippen LogP contribution in [0.15, 0.2) is 79.0 Å². The van der Waals surface area contributed by atoms with Gasteiger partial charge in [-0.2, -0.15) is 0 Å². The average molecular weight is 553 g/mol. The van der Waals surface area contributed by atoms with Crippen molar-refractivity contribution < 1.29 is 23.9 Å². The molecule has 4 N–H and O–H groups in total. The smallest absolute Gasteiger partial charge is 0.407 e. The Bertz CT molecular complexity index is 1730. The highest BCUT2D eigenvalue weighted by Gasteiger charge is 2.21. The zero-order chi connectivity index (χ0) is 28.8. The van der Waals surface area contributed by atoms with Gasteiger partial charge in [-0.1, -0.05) is 54.6 Å². The quantitative estimate of drug-likeness (QED) is 0.219. The van der Waals surface area contributed by atoms with Crippen LogP contribution in [0.5, 0.6) is 5.75 Å². The molecule has 0 saturated heterocycles. The number of fused-ring (bicyclic) bond motifs is 2. The minimum atomic E-state index is -0.636. The van der Waals surface area contributed by atoms with Gasteiger partial charge in [0, 0.05) is 30.2 Å². The number of anilines is 1. The number of aryl methyl sites for hydroxylation is 1. The van der Waals surface area contributed by atoms with Gasteiger partial charge >= 0.3 is 6.09 Å². The largest absolute Gasteiger partial charge is 0.494 e. The Morgan fingerprint density at radius 1 is 1.00 bits per heavy atom. The Hall–Kier alpha value is -5.45. The van der Waals surface area contributed by atoms with Gasteiger partial charge in [-0.25, -0.2) is 9.78 Å². The van der Waals surface area contributed by atoms with Crippen molar-refractivity contribution in [2.75, 3.05) is 19.0 Å². The van der Waals surface area contributed by atoms with Gasteiger partial charge < -0.3 is 25.1 Å². The number of nitrogens with two attached hydrogens (primary N) is 1. The molecule has 0 saturated carbocycles. The maximum Gasteiger partial charge on any atom is 0.407 e. The Kier molecular flexibility index (Phi) is 8.05. The summed E-state index contributed by atoms with van der Waals surface area (Å²) in [5, 5.41) is 7.17. The highest BCUT2D eigenvalue weighted by molar-refractivity contribution is 6.11. The number of carbonyl (C=O) groups is 3. The van der Waals surface area contributed by atoms with Gasteiger partial charge in [0.25, 0.3) is 5.91 Å². The summed E-state index contributed by atoms with van der Waals surface area (Å²) in [6.07, 6.45) is 1.51. The molecule has 0 aliphatic heterocycles. The van der Waals surface area contributed by atoms with Crippen LogP contribution in [0.25, 0.3) is 21.8 Å². The van der Waals surface area contributed by atoms with Crippen molar-refractivity contribution in [3.05, 3.63) is 95.8 Å². The van der Waals surface area contributed by atoms with Crippen LogP contribution in [-0.4, -0.2) is 46.1 Å². The first-order valence-electron chi connectivity index (χ1n) is 12.9. The molecule has 3 aromatic carbocycles. The van der Waals surface area contributed by atoms with Crippen LogP contribution in [0, 0.1) is 0 Å². The first-order valence-corrected chi connectivity index (χ1v) is 12.9. The number of benzene rings is 3. The van der Waals surface area contributed by atoms with Crippen LogP contribution in [0.1, 0.15) is 32.8 Å². The van der Waals surface area contributed by atoms with E-state index in [0.29, 0.717) is 41.7 Å². The lowest BCUT2D eigenvalue weighted by Gasteiger charge is -2.13.